The van der Waals surface area contributed by atoms with E-state index in [1.165, 1.54) is 0 Å². The van der Waals surface area contributed by atoms with Gasteiger partial charge in [-0.1, -0.05) is 84.4 Å². The third-order valence-corrected chi connectivity index (χ3v) is 6.72. The Labute approximate surface area is 209 Å². The van der Waals surface area contributed by atoms with Gasteiger partial charge in [0.25, 0.3) is 0 Å². The molecule has 0 aromatic heterocycles. The van der Waals surface area contributed by atoms with E-state index >= 15 is 0 Å². The topological polar surface area (TPSA) is 38.8 Å². The quantitative estimate of drug-likeness (QED) is 0.296. The molecule has 0 radical (unpaired) electrons. The first-order chi connectivity index (χ1) is 17.2. The molecule has 0 N–H and O–H groups in total. The zero-order valence-electron chi connectivity index (χ0n) is 18.9. The smallest absolute Gasteiger partial charge is 0.231 e. The molecule has 0 saturated carbocycles. The second kappa shape index (κ2) is 9.06. The number of hydrogen-bond acceptors (Lipinski definition) is 4. The molecule has 0 spiro atoms. The standard InChI is InChI=1S/C30H22ClNO3/c31-26-9-5-4-8-23(26)17-32-18-25-27(34-19-32)15-14-24-29(33)28(35-30(24)25)16-20-10-12-22(13-11-20)21-6-2-1-3-7-21/h1-16H,17-19H2/b28-16-. The van der Waals surface area contributed by atoms with Crippen LogP contribution < -0.4 is 9.47 Å². The van der Waals surface area contributed by atoms with Gasteiger partial charge in [-0.2, -0.15) is 0 Å². The van der Waals surface area contributed by atoms with Crippen LogP contribution >= 0.6 is 11.6 Å². The number of nitrogens with zero attached hydrogens (tertiary/aromatic N) is 1. The minimum atomic E-state index is -0.113. The zero-order chi connectivity index (χ0) is 23.8. The van der Waals surface area contributed by atoms with Gasteiger partial charge in [0.15, 0.2) is 5.76 Å². The summed E-state index contributed by atoms with van der Waals surface area (Å²) in [6.07, 6.45) is 1.80. The molecule has 0 saturated heterocycles. The first-order valence-electron chi connectivity index (χ1n) is 11.5. The normalized spacial score (nSPS) is 15.9. The Kier molecular flexibility index (Phi) is 5.61. The number of ketones is 1. The van der Waals surface area contributed by atoms with Crippen LogP contribution in [0.4, 0.5) is 0 Å². The molecule has 4 nitrogen and oxygen atoms in total. The molecule has 5 heteroatoms. The Balaban J connectivity index is 1.24. The number of benzene rings is 4. The molecule has 0 unspecified atom stereocenters. The Morgan fingerprint density at radius 3 is 2.40 bits per heavy atom. The molecular formula is C30H22ClNO3. The average molecular weight is 480 g/mol. The summed E-state index contributed by atoms with van der Waals surface area (Å²) in [5.74, 6) is 1.55. The number of ether oxygens (including phenoxy) is 2. The van der Waals surface area contributed by atoms with Crippen molar-refractivity contribution < 1.29 is 14.3 Å². The minimum absolute atomic E-state index is 0.113. The Morgan fingerprint density at radius 1 is 0.857 bits per heavy atom. The fraction of sp³-hybridized carbons (Fsp3) is 0.100. The van der Waals surface area contributed by atoms with Gasteiger partial charge in [0.05, 0.1) is 11.1 Å². The van der Waals surface area contributed by atoms with Gasteiger partial charge in [-0.05, 0) is 46.5 Å². The molecule has 4 aromatic rings. The van der Waals surface area contributed by atoms with Crippen molar-refractivity contribution >= 4 is 23.5 Å². The largest absolute Gasteiger partial charge is 0.478 e. The molecule has 0 atom stereocenters. The summed E-state index contributed by atoms with van der Waals surface area (Å²) in [5.41, 5.74) is 5.67. The molecule has 0 aliphatic carbocycles. The van der Waals surface area contributed by atoms with Gasteiger partial charge in [0.1, 0.15) is 18.2 Å². The van der Waals surface area contributed by atoms with E-state index in [-0.39, 0.29) is 5.78 Å². The maximum absolute atomic E-state index is 13.1. The van der Waals surface area contributed by atoms with Crippen molar-refractivity contribution in [3.63, 3.8) is 0 Å². The van der Waals surface area contributed by atoms with Crippen molar-refractivity contribution in [1.82, 2.24) is 4.90 Å². The van der Waals surface area contributed by atoms with E-state index in [0.29, 0.717) is 36.9 Å². The second-order valence-corrected chi connectivity index (χ2v) is 9.11. The number of halogens is 1. The van der Waals surface area contributed by atoms with Crippen molar-refractivity contribution in [2.45, 2.75) is 13.1 Å². The van der Waals surface area contributed by atoms with Gasteiger partial charge in [0.2, 0.25) is 5.78 Å². The van der Waals surface area contributed by atoms with Gasteiger partial charge in [-0.15, -0.1) is 0 Å². The Bertz CT molecular complexity index is 1440. The SMILES string of the molecule is O=C1/C(=C/c2ccc(-c3ccccc3)cc2)Oc2c1ccc1c2CN(Cc2ccccc2Cl)CO1. The predicted molar refractivity (Wildman–Crippen MR) is 137 cm³/mol. The second-order valence-electron chi connectivity index (χ2n) is 8.70. The number of rotatable bonds is 4. The van der Waals surface area contributed by atoms with Crippen LogP contribution in [0.5, 0.6) is 11.5 Å². The summed E-state index contributed by atoms with van der Waals surface area (Å²) >= 11 is 6.35. The zero-order valence-corrected chi connectivity index (χ0v) is 19.7. The Hall–Kier alpha value is -3.86. The molecular weight excluding hydrogens is 458 g/mol. The summed E-state index contributed by atoms with van der Waals surface area (Å²) in [4.78, 5) is 15.3. The van der Waals surface area contributed by atoms with E-state index in [0.717, 1.165) is 38.6 Å². The number of Topliss-reactive ketones (excluding diaryl/α,β-unsaturated/α-hetero) is 1. The summed E-state index contributed by atoms with van der Waals surface area (Å²) in [6, 6.07) is 29.7. The molecule has 35 heavy (non-hydrogen) atoms. The van der Waals surface area contributed by atoms with Crippen molar-refractivity contribution in [2.24, 2.45) is 0 Å². The molecule has 2 aliphatic rings. The summed E-state index contributed by atoms with van der Waals surface area (Å²) < 4.78 is 12.1. The van der Waals surface area contributed by atoms with Crippen molar-refractivity contribution in [1.29, 1.82) is 0 Å². The van der Waals surface area contributed by atoms with E-state index in [9.17, 15) is 4.79 Å². The van der Waals surface area contributed by atoms with Crippen LogP contribution in [0.15, 0.2) is 96.8 Å². The van der Waals surface area contributed by atoms with Crippen molar-refractivity contribution in [3.8, 4) is 22.6 Å². The third kappa shape index (κ3) is 4.23. The van der Waals surface area contributed by atoms with Crippen molar-refractivity contribution in [3.05, 3.63) is 124 Å². The van der Waals surface area contributed by atoms with Crippen LogP contribution in [0, 0.1) is 0 Å². The fourth-order valence-corrected chi connectivity index (χ4v) is 4.72. The van der Waals surface area contributed by atoms with Gasteiger partial charge >= 0.3 is 0 Å². The fourth-order valence-electron chi connectivity index (χ4n) is 4.53. The van der Waals surface area contributed by atoms with Gasteiger partial charge in [-0.25, -0.2) is 0 Å². The van der Waals surface area contributed by atoms with E-state index in [2.05, 4.69) is 29.2 Å². The number of allylic oxidation sites excluding steroid dienone is 1. The molecule has 4 aromatic carbocycles. The highest BCUT2D eigenvalue weighted by Crippen LogP contribution is 2.42. The summed E-state index contributed by atoms with van der Waals surface area (Å²) in [6.45, 7) is 1.70. The van der Waals surface area contributed by atoms with E-state index in [1.54, 1.807) is 12.1 Å². The molecule has 6 rings (SSSR count). The van der Waals surface area contributed by atoms with Crippen LogP contribution in [-0.4, -0.2) is 17.4 Å². The molecule has 2 aliphatic heterocycles. The third-order valence-electron chi connectivity index (χ3n) is 6.35. The maximum Gasteiger partial charge on any atom is 0.231 e. The molecule has 0 amide bonds. The lowest BCUT2D eigenvalue weighted by Crippen LogP contribution is -2.31. The Morgan fingerprint density at radius 2 is 1.60 bits per heavy atom. The highest BCUT2D eigenvalue weighted by molar-refractivity contribution is 6.31. The monoisotopic (exact) mass is 479 g/mol. The van der Waals surface area contributed by atoms with Crippen LogP contribution in [0.3, 0.4) is 0 Å². The summed E-state index contributed by atoms with van der Waals surface area (Å²) in [5, 5.41) is 0.728. The number of carbonyl (C=O) groups is 1. The van der Waals surface area contributed by atoms with E-state index in [4.69, 9.17) is 21.1 Å². The predicted octanol–water partition coefficient (Wildman–Crippen LogP) is 6.98. The van der Waals surface area contributed by atoms with E-state index < -0.39 is 0 Å². The van der Waals surface area contributed by atoms with Gasteiger partial charge in [0, 0.05) is 18.1 Å². The van der Waals surface area contributed by atoms with Crippen LogP contribution in [0.25, 0.3) is 17.2 Å². The lowest BCUT2D eigenvalue weighted by atomic mass is 10.0. The van der Waals surface area contributed by atoms with Crippen LogP contribution in [-0.2, 0) is 13.1 Å². The first kappa shape index (κ1) is 21.7. The number of fused-ring (bicyclic) bond motifs is 3. The molecule has 172 valence electrons. The van der Waals surface area contributed by atoms with Crippen LogP contribution in [0.1, 0.15) is 27.0 Å². The first-order valence-corrected chi connectivity index (χ1v) is 11.9. The van der Waals surface area contributed by atoms with E-state index in [1.807, 2.05) is 60.7 Å². The lowest BCUT2D eigenvalue weighted by Gasteiger charge is -2.30. The molecule has 0 fully saturated rings. The summed E-state index contributed by atoms with van der Waals surface area (Å²) in [7, 11) is 0. The van der Waals surface area contributed by atoms with Gasteiger partial charge in [-0.3, -0.25) is 9.69 Å². The number of hydrogen-bond donors (Lipinski definition) is 0. The average Bonchev–Trinajstić information content (AvgIpc) is 3.22. The number of carbonyl (C=O) groups excluding carboxylic acids is 1. The highest BCUT2D eigenvalue weighted by atomic mass is 35.5. The minimum Gasteiger partial charge on any atom is -0.478 e. The highest BCUT2D eigenvalue weighted by Gasteiger charge is 2.33. The molecule has 2 heterocycles. The van der Waals surface area contributed by atoms with Crippen molar-refractivity contribution in [2.75, 3.05) is 6.73 Å². The maximum atomic E-state index is 13.1. The van der Waals surface area contributed by atoms with Crippen LogP contribution in [0.2, 0.25) is 5.02 Å². The lowest BCUT2D eigenvalue weighted by molar-refractivity contribution is 0.0873. The van der Waals surface area contributed by atoms with Gasteiger partial charge < -0.3 is 9.47 Å². The molecule has 0 bridgehead atoms.